The number of rotatable bonds is 1. The van der Waals surface area contributed by atoms with Crippen molar-refractivity contribution in [2.75, 3.05) is 0 Å². The van der Waals surface area contributed by atoms with Crippen molar-refractivity contribution >= 4 is 5.84 Å². The summed E-state index contributed by atoms with van der Waals surface area (Å²) in [4.78, 5) is 9.79. The number of nitrogens with one attached hydrogen (secondary N) is 2. The molecule has 2 N–H and O–H groups in total. The van der Waals surface area contributed by atoms with E-state index in [1.54, 1.807) is 0 Å². The highest BCUT2D eigenvalue weighted by molar-refractivity contribution is 5.98. The molecule has 1 aromatic heterocycles. The van der Waals surface area contributed by atoms with Gasteiger partial charge in [0.05, 0.1) is 0 Å². The van der Waals surface area contributed by atoms with Crippen molar-refractivity contribution in [2.45, 2.75) is 63.5 Å². The Hall–Kier alpha value is -1.42. The average Bonchev–Trinajstić information content (AvgIpc) is 2.99. The van der Waals surface area contributed by atoms with Crippen LogP contribution in [0, 0.1) is 11.8 Å². The largest absolute Gasteiger partial charge is 0.302 e. The van der Waals surface area contributed by atoms with E-state index in [4.69, 9.17) is 4.99 Å². The summed E-state index contributed by atoms with van der Waals surface area (Å²) >= 11 is 0. The van der Waals surface area contributed by atoms with Crippen molar-refractivity contribution in [3.63, 3.8) is 0 Å². The molecule has 1 atom stereocenters. The van der Waals surface area contributed by atoms with E-state index in [1.807, 2.05) is 0 Å². The van der Waals surface area contributed by atoms with Crippen molar-refractivity contribution in [3.05, 3.63) is 29.1 Å². The van der Waals surface area contributed by atoms with Gasteiger partial charge in [0.2, 0.25) is 0 Å². The lowest BCUT2D eigenvalue weighted by Crippen LogP contribution is -2.56. The van der Waals surface area contributed by atoms with Crippen LogP contribution in [0.3, 0.4) is 0 Å². The van der Waals surface area contributed by atoms with E-state index < -0.39 is 0 Å². The minimum Gasteiger partial charge on any atom is -0.302 e. The number of aromatic nitrogens is 1. The summed E-state index contributed by atoms with van der Waals surface area (Å²) in [6, 6.07) is 2.27. The van der Waals surface area contributed by atoms with Crippen LogP contribution in [0.25, 0.3) is 0 Å². The number of aryl methyl sites for hydroxylation is 2. The Morgan fingerprint density at radius 2 is 1.86 bits per heavy atom. The van der Waals surface area contributed by atoms with Crippen LogP contribution in [0.1, 0.15) is 61.8 Å². The number of hydrogen-bond donors (Lipinski definition) is 2. The molecule has 2 heterocycles. The molecule has 3 saturated carbocycles. The first-order chi connectivity index (χ1) is 10.8. The Morgan fingerprint density at radius 1 is 1.05 bits per heavy atom. The summed E-state index contributed by atoms with van der Waals surface area (Å²) in [7, 11) is 0. The molecule has 4 nitrogen and oxygen atoms in total. The molecule has 1 aromatic rings. The second-order valence-electron chi connectivity index (χ2n) is 7.60. The third-order valence-corrected chi connectivity index (χ3v) is 6.30. The summed E-state index contributed by atoms with van der Waals surface area (Å²) in [6.45, 7) is 0. The van der Waals surface area contributed by atoms with Gasteiger partial charge < -0.3 is 5.43 Å². The molecule has 0 unspecified atom stereocenters. The molecule has 1 aliphatic heterocycles. The molecule has 0 radical (unpaired) electrons. The summed E-state index contributed by atoms with van der Waals surface area (Å²) in [5.74, 6) is 2.51. The van der Waals surface area contributed by atoms with Gasteiger partial charge in [0, 0.05) is 6.20 Å². The second-order valence-corrected chi connectivity index (χ2v) is 7.60. The zero-order chi connectivity index (χ0) is 14.6. The number of aliphatic imine (C=N–C) groups is 1. The van der Waals surface area contributed by atoms with Crippen LogP contribution in [0.5, 0.6) is 0 Å². The number of hydrazine groups is 1. The Bertz CT molecular complexity index is 630. The number of fused-ring (bicyclic) bond motifs is 3. The number of pyridine rings is 1. The molecular weight excluding hydrogens is 272 g/mol. The van der Waals surface area contributed by atoms with Gasteiger partial charge in [-0.2, -0.15) is 0 Å². The maximum absolute atomic E-state index is 5.11. The summed E-state index contributed by atoms with van der Waals surface area (Å²) in [6.07, 6.45) is 13.7. The molecule has 0 aromatic carbocycles. The van der Waals surface area contributed by atoms with E-state index >= 15 is 0 Å². The predicted octanol–water partition coefficient (Wildman–Crippen LogP) is 2.72. The standard InChI is InChI=1S/C18H24N4/c1-2-4-14-11-19-16(9-13(14)3-1)17-20-18(22-21-17)10-12-5-7-15(18)8-6-12/h9,11-12,15,22H,1-8,10H2,(H,20,21)/t12?,15?,18-/m0/s1. The van der Waals surface area contributed by atoms with E-state index in [0.29, 0.717) is 5.92 Å². The molecule has 116 valence electrons. The molecule has 3 fully saturated rings. The highest BCUT2D eigenvalue weighted by Crippen LogP contribution is 2.48. The van der Waals surface area contributed by atoms with Crippen LogP contribution in [0.2, 0.25) is 0 Å². The van der Waals surface area contributed by atoms with Crippen LogP contribution in [-0.2, 0) is 12.8 Å². The Morgan fingerprint density at radius 3 is 2.64 bits per heavy atom. The zero-order valence-corrected chi connectivity index (χ0v) is 13.1. The van der Waals surface area contributed by atoms with Crippen LogP contribution in [-0.4, -0.2) is 16.5 Å². The van der Waals surface area contributed by atoms with E-state index in [-0.39, 0.29) is 5.66 Å². The summed E-state index contributed by atoms with van der Waals surface area (Å²) in [5, 5.41) is 0. The predicted molar refractivity (Wildman–Crippen MR) is 86.5 cm³/mol. The van der Waals surface area contributed by atoms with Gasteiger partial charge in [-0.1, -0.05) is 0 Å². The fourth-order valence-electron chi connectivity index (χ4n) is 5.03. The summed E-state index contributed by atoms with van der Waals surface area (Å²) in [5.41, 5.74) is 10.8. The van der Waals surface area contributed by atoms with E-state index in [0.717, 1.165) is 17.4 Å². The molecular formula is C18H24N4. The first kappa shape index (κ1) is 13.1. The lowest BCUT2D eigenvalue weighted by Gasteiger charge is -2.47. The third-order valence-electron chi connectivity index (χ3n) is 6.30. The van der Waals surface area contributed by atoms with Gasteiger partial charge >= 0.3 is 0 Å². The van der Waals surface area contributed by atoms with Gasteiger partial charge in [-0.25, -0.2) is 10.4 Å². The maximum Gasteiger partial charge on any atom is 0.163 e. The molecule has 2 bridgehead atoms. The van der Waals surface area contributed by atoms with Crippen molar-refractivity contribution < 1.29 is 0 Å². The molecule has 1 spiro atoms. The normalized spacial score (nSPS) is 36.1. The highest BCUT2D eigenvalue weighted by Gasteiger charge is 2.50. The Labute approximate surface area is 131 Å². The zero-order valence-electron chi connectivity index (χ0n) is 13.1. The molecule has 0 saturated heterocycles. The van der Waals surface area contributed by atoms with Gasteiger partial charge in [0.1, 0.15) is 11.4 Å². The van der Waals surface area contributed by atoms with E-state index in [1.165, 1.54) is 68.9 Å². The van der Waals surface area contributed by atoms with E-state index in [9.17, 15) is 0 Å². The minimum absolute atomic E-state index is 0.0475. The van der Waals surface area contributed by atoms with E-state index in [2.05, 4.69) is 28.1 Å². The molecule has 4 aliphatic carbocycles. The van der Waals surface area contributed by atoms with Crippen molar-refractivity contribution in [3.8, 4) is 0 Å². The fraction of sp³-hybridized carbons (Fsp3) is 0.667. The average molecular weight is 296 g/mol. The monoisotopic (exact) mass is 296 g/mol. The molecule has 22 heavy (non-hydrogen) atoms. The summed E-state index contributed by atoms with van der Waals surface area (Å²) < 4.78 is 0. The van der Waals surface area contributed by atoms with Crippen molar-refractivity contribution in [1.29, 1.82) is 0 Å². The Kier molecular flexibility index (Phi) is 2.84. The van der Waals surface area contributed by atoms with Gasteiger partial charge in [0.15, 0.2) is 5.84 Å². The second kappa shape index (κ2) is 4.79. The number of amidine groups is 1. The lowest BCUT2D eigenvalue weighted by molar-refractivity contribution is 0.0506. The van der Waals surface area contributed by atoms with Gasteiger partial charge in [-0.05, 0) is 86.8 Å². The molecule has 5 aliphatic rings. The van der Waals surface area contributed by atoms with Crippen LogP contribution >= 0.6 is 0 Å². The van der Waals surface area contributed by atoms with Gasteiger partial charge in [0.25, 0.3) is 0 Å². The topological polar surface area (TPSA) is 49.3 Å². The first-order valence-corrected chi connectivity index (χ1v) is 8.94. The van der Waals surface area contributed by atoms with Crippen molar-refractivity contribution in [1.82, 2.24) is 15.8 Å². The smallest absolute Gasteiger partial charge is 0.163 e. The molecule has 6 rings (SSSR count). The maximum atomic E-state index is 5.11. The SMILES string of the molecule is c1nc(C2=N[C@@]3(CC4CCC3CC4)NN2)cc2c1CCCC2. The van der Waals surface area contributed by atoms with Crippen molar-refractivity contribution in [2.24, 2.45) is 16.8 Å². The quantitative estimate of drug-likeness (QED) is 0.838. The van der Waals surface area contributed by atoms with Crippen LogP contribution < -0.4 is 10.9 Å². The molecule has 0 amide bonds. The Balaban J connectivity index is 1.48. The first-order valence-electron chi connectivity index (χ1n) is 8.94. The lowest BCUT2D eigenvalue weighted by atomic mass is 9.65. The number of hydrogen-bond acceptors (Lipinski definition) is 4. The third kappa shape index (κ3) is 1.93. The van der Waals surface area contributed by atoms with Gasteiger partial charge in [-0.15, -0.1) is 0 Å². The molecule has 4 heteroatoms. The van der Waals surface area contributed by atoms with Crippen LogP contribution in [0.4, 0.5) is 0 Å². The highest BCUT2D eigenvalue weighted by atomic mass is 15.5. The fourth-order valence-corrected chi connectivity index (χ4v) is 5.03. The van der Waals surface area contributed by atoms with Crippen LogP contribution in [0.15, 0.2) is 17.3 Å². The minimum atomic E-state index is -0.0475. The number of nitrogens with zero attached hydrogens (tertiary/aromatic N) is 2. The van der Waals surface area contributed by atoms with Gasteiger partial charge in [-0.3, -0.25) is 4.98 Å².